The van der Waals surface area contributed by atoms with Gasteiger partial charge in [-0.2, -0.15) is 0 Å². The zero-order valence-corrected chi connectivity index (χ0v) is 17.9. The molecular formula is C22H20ClFN4OS. The van der Waals surface area contributed by atoms with Crippen LogP contribution in [0.5, 0.6) is 0 Å². The van der Waals surface area contributed by atoms with Gasteiger partial charge in [0.05, 0.1) is 16.9 Å². The molecule has 0 aromatic heterocycles. The van der Waals surface area contributed by atoms with Crippen LogP contribution in [0.3, 0.4) is 0 Å². The molecule has 0 aliphatic carbocycles. The number of thiocarbonyl (C=S) groups is 1. The van der Waals surface area contributed by atoms with Crippen LogP contribution in [0.15, 0.2) is 66.7 Å². The van der Waals surface area contributed by atoms with Crippen molar-refractivity contribution >= 4 is 57.6 Å². The second-order valence-corrected chi connectivity index (χ2v) is 7.49. The Morgan fingerprint density at radius 2 is 1.57 bits per heavy atom. The molecule has 0 bridgehead atoms. The van der Waals surface area contributed by atoms with Crippen molar-refractivity contribution in [1.29, 1.82) is 0 Å². The average molecular weight is 443 g/mol. The summed E-state index contributed by atoms with van der Waals surface area (Å²) in [5.41, 5.74) is 2.97. The molecule has 0 saturated heterocycles. The summed E-state index contributed by atoms with van der Waals surface area (Å²) in [5.74, 6) is -1.08. The summed E-state index contributed by atoms with van der Waals surface area (Å²) >= 11 is 11.5. The molecule has 5 nitrogen and oxygen atoms in total. The number of nitrogens with zero attached hydrogens (tertiary/aromatic N) is 1. The Hall–Kier alpha value is -3.16. The van der Waals surface area contributed by atoms with Crippen molar-refractivity contribution in [1.82, 2.24) is 0 Å². The number of benzene rings is 3. The van der Waals surface area contributed by atoms with Crippen molar-refractivity contribution in [2.45, 2.75) is 0 Å². The Morgan fingerprint density at radius 3 is 2.20 bits per heavy atom. The van der Waals surface area contributed by atoms with Gasteiger partial charge in [-0.1, -0.05) is 23.7 Å². The smallest absolute Gasteiger partial charge is 0.258 e. The molecule has 0 atom stereocenters. The van der Waals surface area contributed by atoms with Gasteiger partial charge in [0.25, 0.3) is 5.91 Å². The summed E-state index contributed by atoms with van der Waals surface area (Å²) in [7, 11) is 3.86. The van der Waals surface area contributed by atoms with E-state index in [9.17, 15) is 9.18 Å². The topological polar surface area (TPSA) is 56.4 Å². The molecule has 0 heterocycles. The SMILES string of the molecule is CN(C)c1ccc(Cl)cc1NC(=S)Nc1ccc(NC(=O)c2ccccc2F)cc1. The number of halogens is 2. The summed E-state index contributed by atoms with van der Waals surface area (Å²) < 4.78 is 13.7. The van der Waals surface area contributed by atoms with Crippen molar-refractivity contribution in [2.24, 2.45) is 0 Å². The zero-order valence-electron chi connectivity index (χ0n) is 16.4. The van der Waals surface area contributed by atoms with E-state index in [0.717, 1.165) is 17.1 Å². The van der Waals surface area contributed by atoms with E-state index in [1.807, 2.05) is 31.1 Å². The van der Waals surface area contributed by atoms with Crippen LogP contribution in [0.1, 0.15) is 10.4 Å². The van der Waals surface area contributed by atoms with Crippen LogP contribution in [0.25, 0.3) is 0 Å². The normalized spacial score (nSPS) is 10.3. The van der Waals surface area contributed by atoms with Crippen molar-refractivity contribution in [2.75, 3.05) is 34.9 Å². The van der Waals surface area contributed by atoms with Crippen molar-refractivity contribution in [3.63, 3.8) is 0 Å². The van der Waals surface area contributed by atoms with Gasteiger partial charge in [0.1, 0.15) is 5.82 Å². The second-order valence-electron chi connectivity index (χ2n) is 6.65. The molecule has 3 rings (SSSR count). The van der Waals surface area contributed by atoms with E-state index in [-0.39, 0.29) is 5.56 Å². The van der Waals surface area contributed by atoms with Crippen LogP contribution >= 0.6 is 23.8 Å². The molecule has 3 aromatic carbocycles. The maximum absolute atomic E-state index is 13.7. The van der Waals surface area contributed by atoms with E-state index in [1.165, 1.54) is 18.2 Å². The predicted molar refractivity (Wildman–Crippen MR) is 126 cm³/mol. The maximum Gasteiger partial charge on any atom is 0.258 e. The van der Waals surface area contributed by atoms with Gasteiger partial charge < -0.3 is 20.9 Å². The predicted octanol–water partition coefficient (Wildman–Crippen LogP) is 5.61. The number of anilines is 4. The molecule has 3 N–H and O–H groups in total. The molecule has 8 heteroatoms. The van der Waals surface area contributed by atoms with Gasteiger partial charge >= 0.3 is 0 Å². The Balaban J connectivity index is 1.63. The first-order valence-corrected chi connectivity index (χ1v) is 9.83. The Kier molecular flexibility index (Phi) is 6.87. The number of carbonyl (C=O) groups is 1. The Morgan fingerprint density at radius 1 is 0.933 bits per heavy atom. The standard InChI is InChI=1S/C22H20ClFN4OS/c1-28(2)20-12-7-14(23)13-19(20)27-22(30)26-16-10-8-15(9-11-16)25-21(29)17-5-3-4-6-18(17)24/h3-13H,1-2H3,(H,25,29)(H2,26,27,30). The highest BCUT2D eigenvalue weighted by molar-refractivity contribution is 7.80. The molecule has 30 heavy (non-hydrogen) atoms. The molecule has 1 amide bonds. The number of hydrogen-bond donors (Lipinski definition) is 3. The first kappa shape index (κ1) is 21.5. The second kappa shape index (κ2) is 9.56. The maximum atomic E-state index is 13.7. The van der Waals surface area contributed by atoms with Crippen LogP contribution in [0.4, 0.5) is 27.1 Å². The lowest BCUT2D eigenvalue weighted by atomic mass is 10.2. The number of rotatable bonds is 5. The number of nitrogens with one attached hydrogen (secondary N) is 3. The minimum absolute atomic E-state index is 0.0108. The van der Waals surface area contributed by atoms with Gasteiger partial charge in [0.15, 0.2) is 5.11 Å². The number of amides is 1. The molecule has 0 fully saturated rings. The average Bonchev–Trinajstić information content (AvgIpc) is 2.69. The molecule has 154 valence electrons. The lowest BCUT2D eigenvalue weighted by molar-refractivity contribution is 0.102. The van der Waals surface area contributed by atoms with Gasteiger partial charge in [-0.3, -0.25) is 4.79 Å². The minimum Gasteiger partial charge on any atom is -0.376 e. The fraction of sp³-hybridized carbons (Fsp3) is 0.0909. The first-order valence-electron chi connectivity index (χ1n) is 9.04. The number of carbonyl (C=O) groups excluding carboxylic acids is 1. The van der Waals surface area contributed by atoms with E-state index in [2.05, 4.69) is 16.0 Å². The van der Waals surface area contributed by atoms with E-state index < -0.39 is 11.7 Å². The zero-order chi connectivity index (χ0) is 21.7. The highest BCUT2D eigenvalue weighted by Crippen LogP contribution is 2.28. The summed E-state index contributed by atoms with van der Waals surface area (Å²) in [6, 6.07) is 18.3. The van der Waals surface area contributed by atoms with Gasteiger partial charge in [0, 0.05) is 30.5 Å². The van der Waals surface area contributed by atoms with Gasteiger partial charge in [-0.15, -0.1) is 0 Å². The van der Waals surface area contributed by atoms with Crippen LogP contribution in [-0.4, -0.2) is 25.1 Å². The summed E-state index contributed by atoms with van der Waals surface area (Å²) in [6.07, 6.45) is 0. The van der Waals surface area contributed by atoms with Crippen LogP contribution in [0.2, 0.25) is 5.02 Å². The fourth-order valence-corrected chi connectivity index (χ4v) is 3.16. The van der Waals surface area contributed by atoms with Crippen LogP contribution in [-0.2, 0) is 0 Å². The van der Waals surface area contributed by atoms with Gasteiger partial charge in [-0.25, -0.2) is 4.39 Å². The lowest BCUT2D eigenvalue weighted by Gasteiger charge is -2.19. The molecule has 0 unspecified atom stereocenters. The summed E-state index contributed by atoms with van der Waals surface area (Å²) in [5, 5.41) is 9.88. The minimum atomic E-state index is -0.567. The quantitative estimate of drug-likeness (QED) is 0.448. The Bertz CT molecular complexity index is 1070. The van der Waals surface area contributed by atoms with Crippen LogP contribution in [0, 0.1) is 5.82 Å². The van der Waals surface area contributed by atoms with Gasteiger partial charge in [0.2, 0.25) is 0 Å². The van der Waals surface area contributed by atoms with Crippen molar-refractivity contribution < 1.29 is 9.18 Å². The molecule has 3 aromatic rings. The van der Waals surface area contributed by atoms with Crippen molar-refractivity contribution in [3.05, 3.63) is 83.1 Å². The summed E-state index contributed by atoms with van der Waals surface area (Å²) in [6.45, 7) is 0. The molecular weight excluding hydrogens is 423 g/mol. The highest BCUT2D eigenvalue weighted by Gasteiger charge is 2.11. The third-order valence-electron chi connectivity index (χ3n) is 4.21. The fourth-order valence-electron chi connectivity index (χ4n) is 2.76. The lowest BCUT2D eigenvalue weighted by Crippen LogP contribution is -2.21. The van der Waals surface area contributed by atoms with Gasteiger partial charge in [-0.05, 0) is 66.8 Å². The van der Waals surface area contributed by atoms with Crippen molar-refractivity contribution in [3.8, 4) is 0 Å². The Labute approximate surface area is 184 Å². The molecule has 0 saturated carbocycles. The number of hydrogen-bond acceptors (Lipinski definition) is 3. The van der Waals surface area contributed by atoms with Crippen LogP contribution < -0.4 is 20.9 Å². The van der Waals surface area contributed by atoms with E-state index in [1.54, 1.807) is 36.4 Å². The van der Waals surface area contributed by atoms with E-state index in [4.69, 9.17) is 23.8 Å². The molecule has 0 aliphatic heterocycles. The van der Waals surface area contributed by atoms with E-state index >= 15 is 0 Å². The highest BCUT2D eigenvalue weighted by atomic mass is 35.5. The largest absolute Gasteiger partial charge is 0.376 e. The molecule has 0 radical (unpaired) electrons. The molecule has 0 spiro atoms. The van der Waals surface area contributed by atoms with E-state index in [0.29, 0.717) is 15.8 Å². The monoisotopic (exact) mass is 442 g/mol. The molecule has 0 aliphatic rings. The first-order chi connectivity index (χ1) is 14.3. The third-order valence-corrected chi connectivity index (χ3v) is 4.65. The summed E-state index contributed by atoms with van der Waals surface area (Å²) in [4.78, 5) is 14.2. The third kappa shape index (κ3) is 5.46.